The van der Waals surface area contributed by atoms with E-state index >= 15 is 0 Å². The SMILES string of the molecule is CN(C)CCC=C1c2ccccc2C=C(N2CCCCC2)c2ccccc21. The molecule has 2 aromatic rings. The summed E-state index contributed by atoms with van der Waals surface area (Å²) in [4.78, 5) is 4.85. The lowest BCUT2D eigenvalue weighted by atomic mass is 9.92. The molecule has 1 aliphatic heterocycles. The van der Waals surface area contributed by atoms with Crippen molar-refractivity contribution in [1.29, 1.82) is 0 Å². The Hall–Kier alpha value is -2.32. The number of likely N-dealkylation sites (tertiary alicyclic amines) is 1. The van der Waals surface area contributed by atoms with Gasteiger partial charge in [0.2, 0.25) is 0 Å². The third-order valence-corrected chi connectivity index (χ3v) is 5.66. The van der Waals surface area contributed by atoms with Crippen molar-refractivity contribution < 1.29 is 0 Å². The minimum atomic E-state index is 1.06. The summed E-state index contributed by atoms with van der Waals surface area (Å²) >= 11 is 0. The number of fused-ring (bicyclic) bond motifs is 2. The van der Waals surface area contributed by atoms with Crippen LogP contribution in [0.4, 0.5) is 0 Å². The van der Waals surface area contributed by atoms with E-state index in [1.807, 2.05) is 0 Å². The van der Waals surface area contributed by atoms with Crippen molar-refractivity contribution in [2.75, 3.05) is 33.7 Å². The van der Waals surface area contributed by atoms with E-state index in [0.29, 0.717) is 0 Å². The van der Waals surface area contributed by atoms with E-state index in [1.165, 1.54) is 65.9 Å². The fraction of sp³-hybridized carbons (Fsp3) is 0.360. The zero-order chi connectivity index (χ0) is 18.6. The second-order valence-electron chi connectivity index (χ2n) is 7.92. The summed E-state index contributed by atoms with van der Waals surface area (Å²) in [7, 11) is 4.28. The Balaban J connectivity index is 1.85. The van der Waals surface area contributed by atoms with Gasteiger partial charge < -0.3 is 9.80 Å². The molecule has 0 aromatic heterocycles. The van der Waals surface area contributed by atoms with E-state index in [9.17, 15) is 0 Å². The molecule has 0 bridgehead atoms. The lowest BCUT2D eigenvalue weighted by molar-refractivity contribution is 0.327. The van der Waals surface area contributed by atoms with Gasteiger partial charge in [-0.3, -0.25) is 0 Å². The number of hydrogen-bond acceptors (Lipinski definition) is 2. The first-order chi connectivity index (χ1) is 13.2. The molecule has 0 N–H and O–H groups in total. The predicted octanol–water partition coefficient (Wildman–Crippen LogP) is 5.37. The average molecular weight is 359 g/mol. The Kier molecular flexibility index (Phi) is 5.45. The fourth-order valence-corrected chi connectivity index (χ4v) is 4.26. The summed E-state index contributed by atoms with van der Waals surface area (Å²) in [5.74, 6) is 0. The molecule has 0 spiro atoms. The second-order valence-corrected chi connectivity index (χ2v) is 7.92. The number of nitrogens with zero attached hydrogens (tertiary/aromatic N) is 2. The largest absolute Gasteiger partial charge is 0.371 e. The standard InChI is InChI=1S/C25H30N2/c1-26(2)16-10-15-22-21-12-5-4-11-20(21)19-25(27-17-8-3-9-18-27)24-14-7-6-13-23(22)24/h4-7,11-15,19H,3,8-10,16-18H2,1-2H3. The summed E-state index contributed by atoms with van der Waals surface area (Å²) < 4.78 is 0. The van der Waals surface area contributed by atoms with Gasteiger partial charge in [0.25, 0.3) is 0 Å². The quantitative estimate of drug-likeness (QED) is 0.725. The molecule has 1 fully saturated rings. The topological polar surface area (TPSA) is 6.48 Å². The molecule has 0 saturated carbocycles. The third kappa shape index (κ3) is 3.86. The van der Waals surface area contributed by atoms with Crippen LogP contribution in [0.3, 0.4) is 0 Å². The Labute approximate surface area is 163 Å². The first-order valence-corrected chi connectivity index (χ1v) is 10.2. The van der Waals surface area contributed by atoms with Gasteiger partial charge in [-0.15, -0.1) is 0 Å². The maximum Gasteiger partial charge on any atom is 0.0452 e. The van der Waals surface area contributed by atoms with Crippen LogP contribution in [0.1, 0.15) is 47.9 Å². The highest BCUT2D eigenvalue weighted by atomic mass is 15.1. The molecule has 2 aromatic carbocycles. The predicted molar refractivity (Wildman–Crippen MR) is 116 cm³/mol. The van der Waals surface area contributed by atoms with Crippen LogP contribution in [-0.4, -0.2) is 43.5 Å². The van der Waals surface area contributed by atoms with Gasteiger partial charge >= 0.3 is 0 Å². The molecule has 140 valence electrons. The minimum absolute atomic E-state index is 1.06. The van der Waals surface area contributed by atoms with Gasteiger partial charge in [0.05, 0.1) is 0 Å². The zero-order valence-electron chi connectivity index (χ0n) is 16.6. The highest BCUT2D eigenvalue weighted by Gasteiger charge is 2.23. The Bertz CT molecular complexity index is 854. The van der Waals surface area contributed by atoms with Crippen LogP contribution in [-0.2, 0) is 0 Å². The Morgan fingerprint density at radius 3 is 2.26 bits per heavy atom. The van der Waals surface area contributed by atoms with Crippen LogP contribution in [0.5, 0.6) is 0 Å². The molecule has 4 rings (SSSR count). The molecule has 1 saturated heterocycles. The van der Waals surface area contributed by atoms with Gasteiger partial charge in [0.1, 0.15) is 0 Å². The van der Waals surface area contributed by atoms with Crippen LogP contribution in [0.15, 0.2) is 54.6 Å². The molecule has 2 heteroatoms. The van der Waals surface area contributed by atoms with Gasteiger partial charge in [-0.2, -0.15) is 0 Å². The van der Waals surface area contributed by atoms with E-state index in [1.54, 1.807) is 0 Å². The van der Waals surface area contributed by atoms with Crippen LogP contribution in [0.25, 0.3) is 17.3 Å². The van der Waals surface area contributed by atoms with E-state index < -0.39 is 0 Å². The summed E-state index contributed by atoms with van der Waals surface area (Å²) in [6.45, 7) is 3.41. The van der Waals surface area contributed by atoms with Crippen molar-refractivity contribution in [2.24, 2.45) is 0 Å². The summed E-state index contributed by atoms with van der Waals surface area (Å²) in [6.07, 6.45) is 9.87. The van der Waals surface area contributed by atoms with Gasteiger partial charge in [0.15, 0.2) is 0 Å². The van der Waals surface area contributed by atoms with Crippen molar-refractivity contribution in [3.05, 3.63) is 76.9 Å². The molecular formula is C25H30N2. The van der Waals surface area contributed by atoms with Crippen molar-refractivity contribution in [1.82, 2.24) is 9.80 Å². The molecular weight excluding hydrogens is 328 g/mol. The molecule has 27 heavy (non-hydrogen) atoms. The van der Waals surface area contributed by atoms with E-state index in [4.69, 9.17) is 0 Å². The maximum absolute atomic E-state index is 2.60. The number of rotatable bonds is 4. The number of hydrogen-bond donors (Lipinski definition) is 0. The van der Waals surface area contributed by atoms with Crippen molar-refractivity contribution in [3.63, 3.8) is 0 Å². The zero-order valence-corrected chi connectivity index (χ0v) is 16.6. The van der Waals surface area contributed by atoms with Gasteiger partial charge in [-0.1, -0.05) is 54.6 Å². The first-order valence-electron chi connectivity index (χ1n) is 10.2. The minimum Gasteiger partial charge on any atom is -0.371 e. The maximum atomic E-state index is 2.60. The lowest BCUT2D eigenvalue weighted by Crippen LogP contribution is -2.28. The molecule has 0 atom stereocenters. The number of benzene rings is 2. The van der Waals surface area contributed by atoms with Crippen molar-refractivity contribution in [2.45, 2.75) is 25.7 Å². The molecule has 2 nitrogen and oxygen atoms in total. The fourth-order valence-electron chi connectivity index (χ4n) is 4.26. The molecule has 1 aliphatic carbocycles. The Morgan fingerprint density at radius 2 is 1.52 bits per heavy atom. The van der Waals surface area contributed by atoms with Crippen molar-refractivity contribution in [3.8, 4) is 0 Å². The third-order valence-electron chi connectivity index (χ3n) is 5.66. The highest BCUT2D eigenvalue weighted by molar-refractivity contribution is 5.97. The monoisotopic (exact) mass is 358 g/mol. The summed E-state index contributed by atoms with van der Waals surface area (Å²) in [6, 6.07) is 17.9. The Morgan fingerprint density at radius 1 is 0.852 bits per heavy atom. The molecule has 0 unspecified atom stereocenters. The summed E-state index contributed by atoms with van der Waals surface area (Å²) in [5.41, 5.74) is 8.23. The number of piperidine rings is 1. The van der Waals surface area contributed by atoms with Crippen molar-refractivity contribution >= 4 is 17.3 Å². The smallest absolute Gasteiger partial charge is 0.0452 e. The highest BCUT2D eigenvalue weighted by Crippen LogP contribution is 2.39. The molecule has 1 heterocycles. The van der Waals surface area contributed by atoms with Gasteiger partial charge in [-0.25, -0.2) is 0 Å². The van der Waals surface area contributed by atoms with Gasteiger partial charge in [-0.05, 0) is 68.1 Å². The van der Waals surface area contributed by atoms with E-state index in [2.05, 4.69) is 84.6 Å². The van der Waals surface area contributed by atoms with Crippen LogP contribution in [0.2, 0.25) is 0 Å². The first kappa shape index (κ1) is 18.1. The van der Waals surface area contributed by atoms with Crippen LogP contribution < -0.4 is 0 Å². The second kappa shape index (κ2) is 8.14. The lowest BCUT2D eigenvalue weighted by Gasteiger charge is -2.32. The molecule has 2 aliphatic rings. The molecule has 0 amide bonds. The van der Waals surface area contributed by atoms with E-state index in [-0.39, 0.29) is 0 Å². The van der Waals surface area contributed by atoms with Gasteiger partial charge in [0, 0.05) is 30.9 Å². The molecule has 0 radical (unpaired) electrons. The van der Waals surface area contributed by atoms with Crippen LogP contribution in [0, 0.1) is 0 Å². The summed E-state index contributed by atoms with van der Waals surface area (Å²) in [5, 5.41) is 0. The normalized spacial score (nSPS) is 18.1. The average Bonchev–Trinajstić information content (AvgIpc) is 2.84. The van der Waals surface area contributed by atoms with Crippen LogP contribution >= 0.6 is 0 Å². The van der Waals surface area contributed by atoms with E-state index in [0.717, 1.165) is 13.0 Å².